The van der Waals surface area contributed by atoms with Gasteiger partial charge in [-0.15, -0.1) is 0 Å². The molecule has 0 aliphatic carbocycles. The van der Waals surface area contributed by atoms with Gasteiger partial charge in [-0.2, -0.15) is 0 Å². The summed E-state index contributed by atoms with van der Waals surface area (Å²) < 4.78 is 21.6. The third-order valence-corrected chi connectivity index (χ3v) is 2.75. The van der Waals surface area contributed by atoms with Gasteiger partial charge in [-0.25, -0.2) is 0 Å². The van der Waals surface area contributed by atoms with Crippen molar-refractivity contribution in [1.82, 2.24) is 0 Å². The fourth-order valence-corrected chi connectivity index (χ4v) is 1.61. The molecule has 0 bridgehead atoms. The summed E-state index contributed by atoms with van der Waals surface area (Å²) in [5.74, 6) is 1.29. The number of rotatable bonds is 7. The Morgan fingerprint density at radius 1 is 1.11 bits per heavy atom. The van der Waals surface area contributed by atoms with Crippen LogP contribution < -0.4 is 9.47 Å². The zero-order valence-corrected chi connectivity index (χ0v) is 12.2. The molecule has 0 spiro atoms. The van der Waals surface area contributed by atoms with E-state index in [9.17, 15) is 0 Å². The highest BCUT2D eigenvalue weighted by Crippen LogP contribution is 2.33. The number of hydrogen-bond acceptors (Lipinski definition) is 4. The zero-order chi connectivity index (χ0) is 14.5. The van der Waals surface area contributed by atoms with Crippen LogP contribution in [0.15, 0.2) is 30.9 Å². The van der Waals surface area contributed by atoms with E-state index in [1.165, 1.54) is 0 Å². The average molecular weight is 266 g/mol. The Hall–Kier alpha value is -1.52. The highest BCUT2D eigenvalue weighted by atomic mass is 16.7. The van der Waals surface area contributed by atoms with Crippen LogP contribution in [0.1, 0.15) is 25.7 Å². The maximum Gasteiger partial charge on any atom is 0.183 e. The molecule has 1 aromatic rings. The number of benzene rings is 1. The highest BCUT2D eigenvalue weighted by molar-refractivity contribution is 5.44. The smallest absolute Gasteiger partial charge is 0.183 e. The standard InChI is InChI=1S/C15H22O4/c1-7-15(2,3)19-12-9-8-11(10-13(12)16-4)14(17-5)18-6/h7-10,14H,1H2,2-6H3. The summed E-state index contributed by atoms with van der Waals surface area (Å²) >= 11 is 0. The second-order valence-corrected chi connectivity index (χ2v) is 4.62. The minimum absolute atomic E-state index is 0.421. The average Bonchev–Trinajstić information content (AvgIpc) is 2.41. The fraction of sp³-hybridized carbons (Fsp3) is 0.467. The SMILES string of the molecule is C=CC(C)(C)Oc1ccc(C(OC)OC)cc1OC. The van der Waals surface area contributed by atoms with Gasteiger partial charge in [0.15, 0.2) is 17.8 Å². The topological polar surface area (TPSA) is 36.9 Å². The Bertz CT molecular complexity index is 422. The van der Waals surface area contributed by atoms with Gasteiger partial charge in [-0.3, -0.25) is 0 Å². The normalized spacial score (nSPS) is 11.5. The van der Waals surface area contributed by atoms with Crippen molar-refractivity contribution in [2.75, 3.05) is 21.3 Å². The van der Waals surface area contributed by atoms with Crippen molar-refractivity contribution in [3.05, 3.63) is 36.4 Å². The lowest BCUT2D eigenvalue weighted by Gasteiger charge is -2.24. The van der Waals surface area contributed by atoms with E-state index in [1.807, 2.05) is 32.0 Å². The molecule has 0 aliphatic rings. The molecule has 0 fully saturated rings. The van der Waals surface area contributed by atoms with Gasteiger partial charge in [0.25, 0.3) is 0 Å². The van der Waals surface area contributed by atoms with Gasteiger partial charge < -0.3 is 18.9 Å². The molecule has 0 atom stereocenters. The second-order valence-electron chi connectivity index (χ2n) is 4.62. The predicted octanol–water partition coefficient (Wildman–Crippen LogP) is 3.33. The molecule has 0 saturated carbocycles. The van der Waals surface area contributed by atoms with Crippen LogP contribution in [0.2, 0.25) is 0 Å². The Labute approximate surface area is 114 Å². The van der Waals surface area contributed by atoms with Crippen LogP contribution >= 0.6 is 0 Å². The van der Waals surface area contributed by atoms with E-state index in [-0.39, 0.29) is 0 Å². The van der Waals surface area contributed by atoms with Crippen molar-refractivity contribution in [3.8, 4) is 11.5 Å². The zero-order valence-electron chi connectivity index (χ0n) is 12.2. The van der Waals surface area contributed by atoms with Gasteiger partial charge in [0.1, 0.15) is 5.60 Å². The van der Waals surface area contributed by atoms with Gasteiger partial charge in [-0.1, -0.05) is 12.6 Å². The van der Waals surface area contributed by atoms with Crippen LogP contribution in [0, 0.1) is 0 Å². The summed E-state index contributed by atoms with van der Waals surface area (Å²) in [6.45, 7) is 7.61. The summed E-state index contributed by atoms with van der Waals surface area (Å²) in [5.41, 5.74) is 0.405. The summed E-state index contributed by atoms with van der Waals surface area (Å²) in [7, 11) is 4.78. The Kier molecular flexibility index (Phi) is 5.39. The lowest BCUT2D eigenvalue weighted by molar-refractivity contribution is -0.106. The largest absolute Gasteiger partial charge is 0.493 e. The van der Waals surface area contributed by atoms with Crippen molar-refractivity contribution in [2.45, 2.75) is 25.7 Å². The predicted molar refractivity (Wildman–Crippen MR) is 74.7 cm³/mol. The van der Waals surface area contributed by atoms with Crippen molar-refractivity contribution < 1.29 is 18.9 Å². The van der Waals surface area contributed by atoms with Crippen molar-refractivity contribution >= 4 is 0 Å². The molecular formula is C15H22O4. The van der Waals surface area contributed by atoms with Crippen LogP contribution in [0.3, 0.4) is 0 Å². The van der Waals surface area contributed by atoms with Crippen molar-refractivity contribution in [2.24, 2.45) is 0 Å². The fourth-order valence-electron chi connectivity index (χ4n) is 1.61. The maximum atomic E-state index is 5.85. The van der Waals surface area contributed by atoms with Gasteiger partial charge in [0.2, 0.25) is 0 Å². The van der Waals surface area contributed by atoms with E-state index in [1.54, 1.807) is 27.4 Å². The van der Waals surface area contributed by atoms with Gasteiger partial charge in [0.05, 0.1) is 7.11 Å². The molecule has 0 aromatic heterocycles. The molecule has 0 amide bonds. The molecule has 0 saturated heterocycles. The van der Waals surface area contributed by atoms with E-state index in [0.29, 0.717) is 11.5 Å². The first-order valence-electron chi connectivity index (χ1n) is 6.03. The third-order valence-electron chi connectivity index (χ3n) is 2.75. The molecule has 0 aliphatic heterocycles. The van der Waals surface area contributed by atoms with Crippen molar-refractivity contribution in [3.63, 3.8) is 0 Å². The highest BCUT2D eigenvalue weighted by Gasteiger charge is 2.19. The molecular weight excluding hydrogens is 244 g/mol. The Balaban J connectivity index is 3.06. The molecule has 4 nitrogen and oxygen atoms in total. The van der Waals surface area contributed by atoms with E-state index in [0.717, 1.165) is 5.56 Å². The molecule has 0 N–H and O–H groups in total. The summed E-state index contributed by atoms with van der Waals surface area (Å²) in [6, 6.07) is 5.56. The number of ether oxygens (including phenoxy) is 4. The van der Waals surface area contributed by atoms with Crippen LogP contribution in [0.4, 0.5) is 0 Å². The summed E-state index contributed by atoms with van der Waals surface area (Å²) in [4.78, 5) is 0. The summed E-state index contributed by atoms with van der Waals surface area (Å²) in [5, 5.41) is 0. The molecule has 106 valence electrons. The monoisotopic (exact) mass is 266 g/mol. The molecule has 0 heterocycles. The molecule has 0 radical (unpaired) electrons. The van der Waals surface area contributed by atoms with Crippen LogP contribution in [0.25, 0.3) is 0 Å². The molecule has 1 rings (SSSR count). The lowest BCUT2D eigenvalue weighted by Crippen LogP contribution is -2.24. The first-order valence-corrected chi connectivity index (χ1v) is 6.03. The minimum Gasteiger partial charge on any atom is -0.493 e. The maximum absolute atomic E-state index is 5.85. The third kappa shape index (κ3) is 3.98. The van der Waals surface area contributed by atoms with E-state index < -0.39 is 11.9 Å². The number of methoxy groups -OCH3 is 3. The van der Waals surface area contributed by atoms with Crippen LogP contribution in [-0.2, 0) is 9.47 Å². The molecule has 0 unspecified atom stereocenters. The van der Waals surface area contributed by atoms with E-state index >= 15 is 0 Å². The first kappa shape index (κ1) is 15.5. The van der Waals surface area contributed by atoms with Gasteiger partial charge in [-0.05, 0) is 32.1 Å². The first-order chi connectivity index (χ1) is 8.97. The molecule has 4 heteroatoms. The second kappa shape index (κ2) is 6.59. The van der Waals surface area contributed by atoms with Crippen LogP contribution in [0.5, 0.6) is 11.5 Å². The van der Waals surface area contributed by atoms with Gasteiger partial charge >= 0.3 is 0 Å². The van der Waals surface area contributed by atoms with Crippen LogP contribution in [-0.4, -0.2) is 26.9 Å². The van der Waals surface area contributed by atoms with E-state index in [2.05, 4.69) is 6.58 Å². The van der Waals surface area contributed by atoms with Gasteiger partial charge in [0, 0.05) is 19.8 Å². The molecule has 19 heavy (non-hydrogen) atoms. The summed E-state index contributed by atoms with van der Waals surface area (Å²) in [6.07, 6.45) is 1.32. The lowest BCUT2D eigenvalue weighted by atomic mass is 10.1. The minimum atomic E-state index is -0.462. The number of hydrogen-bond donors (Lipinski definition) is 0. The van der Waals surface area contributed by atoms with E-state index in [4.69, 9.17) is 18.9 Å². The molecule has 1 aromatic carbocycles. The Morgan fingerprint density at radius 3 is 2.21 bits per heavy atom. The van der Waals surface area contributed by atoms with Crippen molar-refractivity contribution in [1.29, 1.82) is 0 Å². The quantitative estimate of drug-likeness (QED) is 0.560. The Morgan fingerprint density at radius 2 is 1.74 bits per heavy atom.